The predicted octanol–water partition coefficient (Wildman–Crippen LogP) is 2.29. The SMILES string of the molecule is C[C@H]1CCCC[C@]1(C)C(=O)O. The van der Waals surface area contributed by atoms with Gasteiger partial charge in [-0.1, -0.05) is 19.8 Å². The summed E-state index contributed by atoms with van der Waals surface area (Å²) in [5, 5.41) is 8.97. The lowest BCUT2D eigenvalue weighted by atomic mass is 9.68. The van der Waals surface area contributed by atoms with Gasteiger partial charge in [-0.05, 0) is 25.7 Å². The van der Waals surface area contributed by atoms with E-state index in [2.05, 4.69) is 0 Å². The molecule has 1 fully saturated rings. The van der Waals surface area contributed by atoms with E-state index in [9.17, 15) is 4.79 Å². The molecule has 1 aliphatic carbocycles. The summed E-state index contributed by atoms with van der Waals surface area (Å²) < 4.78 is 0. The van der Waals surface area contributed by atoms with Crippen LogP contribution in [0.3, 0.4) is 0 Å². The average Bonchev–Trinajstić information content (AvgIpc) is 1.95. The molecule has 0 aromatic rings. The zero-order valence-electron chi connectivity index (χ0n) is 7.26. The molecule has 1 saturated carbocycles. The van der Waals surface area contributed by atoms with Crippen LogP contribution in [0.1, 0.15) is 39.5 Å². The van der Waals surface area contributed by atoms with Crippen LogP contribution in [-0.4, -0.2) is 11.1 Å². The molecule has 11 heavy (non-hydrogen) atoms. The van der Waals surface area contributed by atoms with E-state index in [1.807, 2.05) is 13.8 Å². The minimum atomic E-state index is -0.621. The van der Waals surface area contributed by atoms with Crippen molar-refractivity contribution in [3.63, 3.8) is 0 Å². The summed E-state index contributed by atoms with van der Waals surface area (Å²) in [6, 6.07) is 0. The van der Waals surface area contributed by atoms with Crippen LogP contribution in [0, 0.1) is 11.3 Å². The highest BCUT2D eigenvalue weighted by Crippen LogP contribution is 2.40. The van der Waals surface area contributed by atoms with Crippen LogP contribution in [0.25, 0.3) is 0 Å². The highest BCUT2D eigenvalue weighted by Gasteiger charge is 2.40. The van der Waals surface area contributed by atoms with E-state index >= 15 is 0 Å². The maximum atomic E-state index is 10.9. The van der Waals surface area contributed by atoms with Gasteiger partial charge in [0.25, 0.3) is 0 Å². The molecule has 0 bridgehead atoms. The number of hydrogen-bond acceptors (Lipinski definition) is 1. The zero-order valence-corrected chi connectivity index (χ0v) is 7.26. The molecule has 2 atom stereocenters. The van der Waals surface area contributed by atoms with Crippen molar-refractivity contribution in [1.82, 2.24) is 0 Å². The maximum absolute atomic E-state index is 10.9. The molecular weight excluding hydrogens is 140 g/mol. The molecule has 2 nitrogen and oxygen atoms in total. The van der Waals surface area contributed by atoms with Gasteiger partial charge in [-0.15, -0.1) is 0 Å². The third-order valence-corrected chi connectivity index (χ3v) is 3.16. The summed E-state index contributed by atoms with van der Waals surface area (Å²) in [7, 11) is 0. The molecule has 1 rings (SSSR count). The van der Waals surface area contributed by atoms with Crippen LogP contribution >= 0.6 is 0 Å². The van der Waals surface area contributed by atoms with E-state index in [1.165, 1.54) is 6.42 Å². The Kier molecular flexibility index (Phi) is 2.21. The Morgan fingerprint density at radius 1 is 1.55 bits per heavy atom. The quantitative estimate of drug-likeness (QED) is 0.632. The molecular formula is C9H16O2. The van der Waals surface area contributed by atoms with Crippen LogP contribution < -0.4 is 0 Å². The number of carbonyl (C=O) groups is 1. The van der Waals surface area contributed by atoms with Gasteiger partial charge in [-0.25, -0.2) is 0 Å². The van der Waals surface area contributed by atoms with Crippen LogP contribution in [-0.2, 0) is 4.79 Å². The molecule has 1 aliphatic rings. The van der Waals surface area contributed by atoms with Crippen LogP contribution in [0.15, 0.2) is 0 Å². The first-order chi connectivity index (χ1) is 5.07. The lowest BCUT2D eigenvalue weighted by molar-refractivity contribution is -0.153. The lowest BCUT2D eigenvalue weighted by Gasteiger charge is -2.35. The van der Waals surface area contributed by atoms with Gasteiger partial charge in [0, 0.05) is 0 Å². The van der Waals surface area contributed by atoms with E-state index in [-0.39, 0.29) is 0 Å². The van der Waals surface area contributed by atoms with E-state index in [1.54, 1.807) is 0 Å². The summed E-state index contributed by atoms with van der Waals surface area (Å²) in [5.74, 6) is -0.279. The number of aliphatic carboxylic acids is 1. The first-order valence-corrected chi connectivity index (χ1v) is 4.31. The number of hydrogen-bond donors (Lipinski definition) is 1. The van der Waals surface area contributed by atoms with Gasteiger partial charge in [0.05, 0.1) is 5.41 Å². The van der Waals surface area contributed by atoms with Crippen molar-refractivity contribution in [2.45, 2.75) is 39.5 Å². The molecule has 0 aromatic heterocycles. The van der Waals surface area contributed by atoms with Crippen molar-refractivity contribution < 1.29 is 9.90 Å². The smallest absolute Gasteiger partial charge is 0.309 e. The van der Waals surface area contributed by atoms with Crippen molar-refractivity contribution in [1.29, 1.82) is 0 Å². The number of carboxylic acids is 1. The Hall–Kier alpha value is -0.530. The minimum absolute atomic E-state index is 0.341. The largest absolute Gasteiger partial charge is 0.481 e. The summed E-state index contributed by atoms with van der Waals surface area (Å²) in [4.78, 5) is 10.9. The van der Waals surface area contributed by atoms with E-state index < -0.39 is 11.4 Å². The normalized spacial score (nSPS) is 38.5. The molecule has 0 aromatic carbocycles. The molecule has 0 unspecified atom stereocenters. The summed E-state index contributed by atoms with van der Waals surface area (Å²) in [5.41, 5.74) is -0.446. The predicted molar refractivity (Wildman–Crippen MR) is 43.4 cm³/mol. The third-order valence-electron chi connectivity index (χ3n) is 3.16. The second-order valence-corrected chi connectivity index (χ2v) is 3.87. The molecule has 64 valence electrons. The van der Waals surface area contributed by atoms with Gasteiger partial charge in [-0.2, -0.15) is 0 Å². The summed E-state index contributed by atoms with van der Waals surface area (Å²) in [6.07, 6.45) is 4.20. The molecule has 0 saturated heterocycles. The molecule has 2 heteroatoms. The monoisotopic (exact) mass is 156 g/mol. The molecule has 0 aliphatic heterocycles. The van der Waals surface area contributed by atoms with Gasteiger partial charge in [0.1, 0.15) is 0 Å². The number of carboxylic acid groups (broad SMARTS) is 1. The zero-order chi connectivity index (χ0) is 8.48. The maximum Gasteiger partial charge on any atom is 0.309 e. The van der Waals surface area contributed by atoms with Gasteiger partial charge < -0.3 is 5.11 Å². The summed E-state index contributed by atoms with van der Waals surface area (Å²) >= 11 is 0. The van der Waals surface area contributed by atoms with E-state index in [0.29, 0.717) is 5.92 Å². The number of rotatable bonds is 1. The van der Waals surface area contributed by atoms with Crippen molar-refractivity contribution in [2.75, 3.05) is 0 Å². The van der Waals surface area contributed by atoms with Crippen molar-refractivity contribution in [3.05, 3.63) is 0 Å². The molecule has 0 heterocycles. The van der Waals surface area contributed by atoms with Crippen molar-refractivity contribution >= 4 is 5.97 Å². The Balaban J connectivity index is 2.72. The highest BCUT2D eigenvalue weighted by atomic mass is 16.4. The fourth-order valence-electron chi connectivity index (χ4n) is 1.83. The average molecular weight is 156 g/mol. The molecule has 0 amide bonds. The van der Waals surface area contributed by atoms with Gasteiger partial charge >= 0.3 is 5.97 Å². The van der Waals surface area contributed by atoms with Crippen LogP contribution in [0.5, 0.6) is 0 Å². The van der Waals surface area contributed by atoms with Gasteiger partial charge in [0.15, 0.2) is 0 Å². The second kappa shape index (κ2) is 2.84. The Morgan fingerprint density at radius 2 is 2.18 bits per heavy atom. The molecule has 1 N–H and O–H groups in total. The summed E-state index contributed by atoms with van der Waals surface area (Å²) in [6.45, 7) is 3.92. The Labute approximate surface area is 67.6 Å². The van der Waals surface area contributed by atoms with E-state index in [4.69, 9.17) is 5.11 Å². The first kappa shape index (κ1) is 8.57. The third kappa shape index (κ3) is 1.39. The second-order valence-electron chi connectivity index (χ2n) is 3.87. The highest BCUT2D eigenvalue weighted by molar-refractivity contribution is 5.74. The van der Waals surface area contributed by atoms with Crippen molar-refractivity contribution in [3.8, 4) is 0 Å². The first-order valence-electron chi connectivity index (χ1n) is 4.31. The Bertz CT molecular complexity index is 165. The fraction of sp³-hybridized carbons (Fsp3) is 0.889. The fourth-order valence-corrected chi connectivity index (χ4v) is 1.83. The minimum Gasteiger partial charge on any atom is -0.481 e. The lowest BCUT2D eigenvalue weighted by Crippen LogP contribution is -2.36. The van der Waals surface area contributed by atoms with E-state index in [0.717, 1.165) is 19.3 Å². The Morgan fingerprint density at radius 3 is 2.55 bits per heavy atom. The van der Waals surface area contributed by atoms with Crippen LogP contribution in [0.4, 0.5) is 0 Å². The molecule has 0 spiro atoms. The van der Waals surface area contributed by atoms with Crippen molar-refractivity contribution in [2.24, 2.45) is 11.3 Å². The van der Waals surface area contributed by atoms with Gasteiger partial charge in [0.2, 0.25) is 0 Å². The molecule has 0 radical (unpaired) electrons. The standard InChI is InChI=1S/C9H16O2/c1-7-5-3-4-6-9(7,2)8(10)11/h7H,3-6H2,1-2H3,(H,10,11)/t7-,9-/m0/s1. The van der Waals surface area contributed by atoms with Crippen LogP contribution in [0.2, 0.25) is 0 Å². The van der Waals surface area contributed by atoms with Gasteiger partial charge in [-0.3, -0.25) is 4.79 Å². The topological polar surface area (TPSA) is 37.3 Å².